The Morgan fingerprint density at radius 1 is 1.18 bits per heavy atom. The Kier molecular flexibility index (Phi) is 5.00. The van der Waals surface area contributed by atoms with Crippen molar-refractivity contribution in [1.82, 2.24) is 15.1 Å². The van der Waals surface area contributed by atoms with Crippen LogP contribution in [0.5, 0.6) is 0 Å². The molecule has 11 heteroatoms. The van der Waals surface area contributed by atoms with E-state index >= 15 is 0 Å². The number of rotatable bonds is 7. The van der Waals surface area contributed by atoms with Crippen LogP contribution in [-0.4, -0.2) is 39.4 Å². The summed E-state index contributed by atoms with van der Waals surface area (Å²) in [6.07, 6.45) is 1.77. The molecule has 0 atom stereocenters. The van der Waals surface area contributed by atoms with Crippen molar-refractivity contribution in [2.75, 3.05) is 24.4 Å². The number of fused-ring (bicyclic) bond motifs is 1. The first-order valence-corrected chi connectivity index (χ1v) is 11.7. The number of anilines is 2. The quantitative estimate of drug-likeness (QED) is 0.491. The van der Waals surface area contributed by atoms with E-state index in [0.29, 0.717) is 10.6 Å². The highest BCUT2D eigenvalue weighted by Gasteiger charge is 2.27. The summed E-state index contributed by atoms with van der Waals surface area (Å²) in [5.41, 5.74) is 6.02. The number of sulfonamides is 1. The maximum Gasteiger partial charge on any atom is 0.279 e. The molecule has 1 amide bonds. The fourth-order valence-corrected chi connectivity index (χ4v) is 5.76. The largest absolute Gasteiger partial charge is 0.354 e. The van der Waals surface area contributed by atoms with E-state index in [-0.39, 0.29) is 16.8 Å². The van der Waals surface area contributed by atoms with E-state index < -0.39 is 10.0 Å². The first kappa shape index (κ1) is 19.1. The molecule has 4 rings (SSSR count). The van der Waals surface area contributed by atoms with Crippen LogP contribution in [0.25, 0.3) is 9.53 Å². The number of nitrogens with one attached hydrogen (secondary N) is 3. The maximum absolute atomic E-state index is 12.4. The smallest absolute Gasteiger partial charge is 0.279 e. The molecule has 1 saturated carbocycles. The van der Waals surface area contributed by atoms with Crippen LogP contribution in [0.1, 0.15) is 22.5 Å². The monoisotopic (exact) mass is 437 g/mol. The fourth-order valence-electron chi connectivity index (χ4n) is 2.42. The van der Waals surface area contributed by atoms with Gasteiger partial charge in [0, 0.05) is 20.1 Å². The van der Waals surface area contributed by atoms with Gasteiger partial charge in [-0.3, -0.25) is 15.6 Å². The summed E-state index contributed by atoms with van der Waals surface area (Å²) in [5.74, 6) is -0.270. The molecule has 0 spiro atoms. The highest BCUT2D eigenvalue weighted by Crippen LogP contribution is 2.33. The minimum Gasteiger partial charge on any atom is -0.354 e. The van der Waals surface area contributed by atoms with E-state index in [2.05, 4.69) is 20.6 Å². The molecule has 3 aromatic rings. The summed E-state index contributed by atoms with van der Waals surface area (Å²) in [4.78, 5) is 20.4. The predicted octanol–water partition coefficient (Wildman–Crippen LogP) is 2.62. The van der Waals surface area contributed by atoms with Crippen molar-refractivity contribution in [3.63, 3.8) is 0 Å². The van der Waals surface area contributed by atoms with Crippen molar-refractivity contribution < 1.29 is 13.2 Å². The first-order chi connectivity index (χ1) is 13.3. The zero-order valence-corrected chi connectivity index (χ0v) is 17.7. The first-order valence-electron chi connectivity index (χ1n) is 8.58. The summed E-state index contributed by atoms with van der Waals surface area (Å²) < 4.78 is 27.9. The number of benzene rings is 1. The molecule has 28 heavy (non-hydrogen) atoms. The van der Waals surface area contributed by atoms with Gasteiger partial charge < -0.3 is 4.90 Å². The van der Waals surface area contributed by atoms with Crippen molar-refractivity contribution in [2.45, 2.75) is 23.8 Å². The molecule has 1 aliphatic rings. The minimum absolute atomic E-state index is 0.0609. The van der Waals surface area contributed by atoms with Crippen molar-refractivity contribution in [2.24, 2.45) is 0 Å². The van der Waals surface area contributed by atoms with Crippen LogP contribution >= 0.6 is 22.7 Å². The lowest BCUT2D eigenvalue weighted by Crippen LogP contribution is -2.28. The van der Waals surface area contributed by atoms with Crippen molar-refractivity contribution >= 4 is 59.0 Å². The Morgan fingerprint density at radius 3 is 2.50 bits per heavy atom. The molecule has 3 N–H and O–H groups in total. The molecule has 1 fully saturated rings. The zero-order valence-electron chi connectivity index (χ0n) is 15.2. The SMILES string of the molecule is CN(C)c1nc2sc(C(=O)NNc3ccc(S(=O)(=O)NC4CC4)cc3)cc2s1. The van der Waals surface area contributed by atoms with Gasteiger partial charge >= 0.3 is 0 Å². The van der Waals surface area contributed by atoms with E-state index in [0.717, 1.165) is 27.5 Å². The number of thiazole rings is 1. The standard InChI is InChI=1S/C17H19N5O3S3/c1-22(2)17-18-16-14(27-17)9-13(26-16)15(23)20-19-10-5-7-12(8-6-10)28(24,25)21-11-3-4-11/h5-9,11,19,21H,3-4H2,1-2H3,(H,20,23). The Balaban J connectivity index is 1.38. The number of amides is 1. The zero-order chi connectivity index (χ0) is 19.9. The molecule has 0 bridgehead atoms. The summed E-state index contributed by atoms with van der Waals surface area (Å²) in [7, 11) is 0.379. The number of carbonyl (C=O) groups excluding carboxylic acids is 1. The van der Waals surface area contributed by atoms with Gasteiger partial charge in [-0.15, -0.1) is 11.3 Å². The third kappa shape index (κ3) is 4.12. The maximum atomic E-state index is 12.4. The third-order valence-electron chi connectivity index (χ3n) is 4.07. The second-order valence-electron chi connectivity index (χ2n) is 6.67. The Hall–Kier alpha value is -2.21. The summed E-state index contributed by atoms with van der Waals surface area (Å²) in [6.45, 7) is 0. The Bertz CT molecular complexity index is 1080. The number of aromatic nitrogens is 1. The van der Waals surface area contributed by atoms with E-state index in [1.807, 2.05) is 25.1 Å². The molecule has 1 aromatic carbocycles. The normalized spacial score (nSPS) is 14.2. The average Bonchev–Trinajstić information content (AvgIpc) is 3.21. The van der Waals surface area contributed by atoms with Gasteiger partial charge in [-0.1, -0.05) is 11.3 Å². The summed E-state index contributed by atoms with van der Waals surface area (Å²) >= 11 is 2.86. The van der Waals surface area contributed by atoms with Gasteiger partial charge in [-0.05, 0) is 43.2 Å². The lowest BCUT2D eigenvalue weighted by molar-refractivity contribution is 0.0966. The van der Waals surface area contributed by atoms with E-state index in [4.69, 9.17) is 0 Å². The second kappa shape index (κ2) is 7.32. The predicted molar refractivity (Wildman–Crippen MR) is 113 cm³/mol. The number of nitrogens with zero attached hydrogens (tertiary/aromatic N) is 2. The van der Waals surface area contributed by atoms with Crippen LogP contribution in [0.3, 0.4) is 0 Å². The molecule has 148 valence electrons. The Labute approximate surface area is 170 Å². The van der Waals surface area contributed by atoms with Crippen LogP contribution in [0.2, 0.25) is 0 Å². The van der Waals surface area contributed by atoms with Crippen molar-refractivity contribution in [1.29, 1.82) is 0 Å². The number of hydrazine groups is 1. The van der Waals surface area contributed by atoms with Gasteiger partial charge in [0.25, 0.3) is 5.91 Å². The van der Waals surface area contributed by atoms with Gasteiger partial charge in [0.05, 0.1) is 20.2 Å². The van der Waals surface area contributed by atoms with Gasteiger partial charge in [-0.2, -0.15) is 0 Å². The summed E-state index contributed by atoms with van der Waals surface area (Å²) in [6, 6.07) is 8.12. The van der Waals surface area contributed by atoms with Crippen LogP contribution in [0, 0.1) is 0 Å². The third-order valence-corrected chi connectivity index (χ3v) is 7.93. The molecule has 8 nitrogen and oxygen atoms in total. The summed E-state index contributed by atoms with van der Waals surface area (Å²) in [5, 5.41) is 0.901. The number of hydrogen-bond donors (Lipinski definition) is 3. The molecule has 2 aromatic heterocycles. The molecular weight excluding hydrogens is 418 g/mol. The van der Waals surface area contributed by atoms with E-state index in [1.54, 1.807) is 12.1 Å². The minimum atomic E-state index is -3.48. The molecule has 2 heterocycles. The highest BCUT2D eigenvalue weighted by molar-refractivity contribution is 7.89. The van der Waals surface area contributed by atoms with Gasteiger partial charge in [0.1, 0.15) is 4.83 Å². The van der Waals surface area contributed by atoms with Crippen LogP contribution < -0.4 is 20.5 Å². The highest BCUT2D eigenvalue weighted by atomic mass is 32.2. The molecule has 0 aliphatic heterocycles. The van der Waals surface area contributed by atoms with Crippen LogP contribution in [-0.2, 0) is 10.0 Å². The second-order valence-corrected chi connectivity index (χ2v) is 10.4. The Morgan fingerprint density at radius 2 is 1.89 bits per heavy atom. The van der Waals surface area contributed by atoms with Crippen LogP contribution in [0.4, 0.5) is 10.8 Å². The lowest BCUT2D eigenvalue weighted by Gasteiger charge is -2.09. The van der Waals surface area contributed by atoms with E-state index in [9.17, 15) is 13.2 Å². The molecular formula is C17H19N5O3S3. The number of carbonyl (C=O) groups is 1. The number of hydrogen-bond acceptors (Lipinski definition) is 8. The lowest BCUT2D eigenvalue weighted by atomic mass is 10.3. The van der Waals surface area contributed by atoms with Gasteiger partial charge in [0.2, 0.25) is 10.0 Å². The van der Waals surface area contributed by atoms with Crippen molar-refractivity contribution in [3.05, 3.63) is 35.2 Å². The van der Waals surface area contributed by atoms with Gasteiger partial charge in [0.15, 0.2) is 5.13 Å². The topological polar surface area (TPSA) is 103 Å². The van der Waals surface area contributed by atoms with Gasteiger partial charge in [-0.25, -0.2) is 18.1 Å². The molecule has 0 saturated heterocycles. The average molecular weight is 438 g/mol. The van der Waals surface area contributed by atoms with Crippen LogP contribution in [0.15, 0.2) is 35.2 Å². The molecule has 1 aliphatic carbocycles. The fraction of sp³-hybridized carbons (Fsp3) is 0.294. The van der Waals surface area contributed by atoms with E-state index in [1.165, 1.54) is 34.8 Å². The molecule has 0 unspecified atom stereocenters. The molecule has 0 radical (unpaired) electrons. The number of thiophene rings is 1. The van der Waals surface area contributed by atoms with Crippen molar-refractivity contribution in [3.8, 4) is 0 Å².